The van der Waals surface area contributed by atoms with E-state index in [1.54, 1.807) is 6.92 Å². The number of carbonyl (C=O) groups is 5. The number of hydrogen-bond donors (Lipinski definition) is 8. The fourth-order valence-electron chi connectivity index (χ4n) is 4.96. The molecule has 1 fully saturated rings. The normalized spacial score (nSPS) is 17.2. The first-order valence-corrected chi connectivity index (χ1v) is 16.1. The van der Waals surface area contributed by atoms with Crippen molar-refractivity contribution in [2.45, 2.75) is 83.6 Å². The van der Waals surface area contributed by atoms with Crippen molar-refractivity contribution in [3.8, 4) is 0 Å². The molecule has 1 aromatic carbocycles. The minimum atomic E-state index is -1.22. The fourth-order valence-corrected chi connectivity index (χ4v) is 4.96. The van der Waals surface area contributed by atoms with Crippen molar-refractivity contribution in [1.82, 2.24) is 31.9 Å². The summed E-state index contributed by atoms with van der Waals surface area (Å²) in [5.41, 5.74) is 7.15. The highest BCUT2D eigenvalue weighted by atomic mass is 19.1. The molecule has 9 N–H and O–H groups in total. The van der Waals surface area contributed by atoms with E-state index in [0.29, 0.717) is 43.6 Å². The quantitative estimate of drug-likeness (QED) is 0.0585. The summed E-state index contributed by atoms with van der Waals surface area (Å²) in [5.74, 6) is -2.79. The molecule has 0 aliphatic heterocycles. The molecule has 0 aromatic heterocycles. The Labute approximate surface area is 288 Å². The van der Waals surface area contributed by atoms with Crippen LogP contribution in [0, 0.1) is 11.8 Å². The summed E-state index contributed by atoms with van der Waals surface area (Å²) in [4.78, 5) is 61.4. The molecule has 1 saturated carbocycles. The average molecular weight is 688 g/mol. The van der Waals surface area contributed by atoms with Gasteiger partial charge < -0.3 is 47.5 Å². The molecule has 0 radical (unpaired) electrons. The van der Waals surface area contributed by atoms with Gasteiger partial charge in [0.2, 0.25) is 17.7 Å². The van der Waals surface area contributed by atoms with Crippen molar-refractivity contribution < 1.29 is 33.5 Å². The second kappa shape index (κ2) is 21.9. The van der Waals surface area contributed by atoms with Gasteiger partial charge in [-0.3, -0.25) is 19.2 Å². The molecular formula is C35H54FN7O6. The number of amides is 3. The molecule has 49 heavy (non-hydrogen) atoms. The molecule has 1 aliphatic rings. The molecule has 4 atom stereocenters. The molecule has 0 bridgehead atoms. The first-order chi connectivity index (χ1) is 22.8. The first kappa shape index (κ1) is 42.1. The van der Waals surface area contributed by atoms with Gasteiger partial charge in [0.05, 0.1) is 30.9 Å². The van der Waals surface area contributed by atoms with Crippen LogP contribution in [0.2, 0.25) is 0 Å². The third-order valence-corrected chi connectivity index (χ3v) is 7.93. The number of halogens is 1. The lowest BCUT2D eigenvalue weighted by Gasteiger charge is -2.28. The van der Waals surface area contributed by atoms with E-state index in [2.05, 4.69) is 51.6 Å². The number of carboxylic acids is 1. The lowest BCUT2D eigenvalue weighted by Crippen LogP contribution is -2.50. The highest BCUT2D eigenvalue weighted by molar-refractivity contribution is 5.88. The summed E-state index contributed by atoms with van der Waals surface area (Å²) < 4.78 is 13.1. The predicted molar refractivity (Wildman–Crippen MR) is 187 cm³/mol. The fraction of sp³-hybridized carbons (Fsp3) is 0.514. The molecule has 272 valence electrons. The zero-order valence-corrected chi connectivity index (χ0v) is 27.6. The predicted octanol–water partition coefficient (Wildman–Crippen LogP) is 1.77. The Morgan fingerprint density at radius 2 is 1.63 bits per heavy atom. The summed E-state index contributed by atoms with van der Waals surface area (Å²) in [7, 11) is 0. The number of nitrogens with one attached hydrogen (secondary N) is 6. The molecular weight excluding hydrogens is 633 g/mol. The van der Waals surface area contributed by atoms with Crippen LogP contribution in [-0.2, 0) is 30.4 Å². The molecule has 0 spiro atoms. The van der Waals surface area contributed by atoms with E-state index >= 15 is 0 Å². The van der Waals surface area contributed by atoms with E-state index in [9.17, 15) is 33.5 Å². The van der Waals surface area contributed by atoms with E-state index in [0.717, 1.165) is 5.56 Å². The van der Waals surface area contributed by atoms with Crippen LogP contribution in [0.15, 0.2) is 67.3 Å². The summed E-state index contributed by atoms with van der Waals surface area (Å²) in [5, 5.41) is 26.6. The van der Waals surface area contributed by atoms with Crippen LogP contribution in [0.5, 0.6) is 0 Å². The Balaban J connectivity index is 0.0000120. The van der Waals surface area contributed by atoms with Crippen LogP contribution in [-0.4, -0.2) is 79.0 Å². The number of carbonyl (C=O) groups excluding carboxylic acids is 4. The van der Waals surface area contributed by atoms with E-state index in [1.807, 2.05) is 30.3 Å². The standard InChI is InChI=1S/C34H50FN7O6.CH4/c1-21(12-14-38-33(47)26-16-27(35)17-26)32(46)42-29(11-8-13-37-24(4)36)23(3)39-19-22(2)40-30(18-31(44)45)34(48)41-28(20-43)15-25-9-6-5-7-10-25;/h5-7,9-10,20-21,26-30,37,39-40H,2-4,8,11-19,36H2,1H3,(H,38,47)(H,41,48)(H,42,46)(H,44,45);1H4. The molecule has 1 aromatic rings. The number of alkyl halides is 1. The Kier molecular flexibility index (Phi) is 18.8. The van der Waals surface area contributed by atoms with Gasteiger partial charge in [-0.1, -0.05) is 64.4 Å². The van der Waals surface area contributed by atoms with Crippen LogP contribution in [0.1, 0.15) is 58.4 Å². The third kappa shape index (κ3) is 16.2. The molecule has 13 nitrogen and oxygen atoms in total. The van der Waals surface area contributed by atoms with Crippen LogP contribution in [0.4, 0.5) is 4.39 Å². The number of benzene rings is 1. The number of carboxylic acid groups (broad SMARTS) is 1. The van der Waals surface area contributed by atoms with Gasteiger partial charge in [0.1, 0.15) is 18.5 Å². The maximum Gasteiger partial charge on any atom is 0.305 e. The number of aliphatic carboxylic acids is 1. The van der Waals surface area contributed by atoms with Gasteiger partial charge in [0, 0.05) is 36.3 Å². The van der Waals surface area contributed by atoms with E-state index in [-0.39, 0.29) is 63.2 Å². The van der Waals surface area contributed by atoms with Crippen molar-refractivity contribution in [3.63, 3.8) is 0 Å². The van der Waals surface area contributed by atoms with Crippen LogP contribution >= 0.6 is 0 Å². The zero-order chi connectivity index (χ0) is 35.6. The Morgan fingerprint density at radius 3 is 2.22 bits per heavy atom. The topological polar surface area (TPSA) is 204 Å². The number of rotatable bonds is 24. The number of aldehydes is 1. The minimum absolute atomic E-state index is 0. The van der Waals surface area contributed by atoms with Crippen molar-refractivity contribution >= 4 is 30.0 Å². The van der Waals surface area contributed by atoms with Gasteiger partial charge in [-0.05, 0) is 44.1 Å². The average Bonchev–Trinajstić information content (AvgIpc) is 3.02. The van der Waals surface area contributed by atoms with E-state index in [4.69, 9.17) is 5.73 Å². The highest BCUT2D eigenvalue weighted by Crippen LogP contribution is 2.30. The first-order valence-electron chi connectivity index (χ1n) is 16.1. The Morgan fingerprint density at radius 1 is 0.959 bits per heavy atom. The molecule has 0 saturated heterocycles. The Hall–Kier alpha value is -4.88. The van der Waals surface area contributed by atoms with Crippen LogP contribution in [0.25, 0.3) is 0 Å². The maximum atomic E-state index is 13.1. The van der Waals surface area contributed by atoms with Crippen molar-refractivity contribution in [3.05, 3.63) is 72.8 Å². The van der Waals surface area contributed by atoms with Gasteiger partial charge in [0.25, 0.3) is 0 Å². The lowest BCUT2D eigenvalue weighted by molar-refractivity contribution is -0.140. The molecule has 1 aliphatic carbocycles. The van der Waals surface area contributed by atoms with Crippen LogP contribution in [0.3, 0.4) is 0 Å². The SMILES string of the molecule is C.C=C(N)NCCCC(NC(=O)C(C)CCNC(=O)C1CC(F)C1)C(=C)NCC(=C)NC(CC(=O)O)C(=O)NC(C=O)Cc1ccccc1. The summed E-state index contributed by atoms with van der Waals surface area (Å²) in [6, 6.07) is 6.51. The molecule has 14 heteroatoms. The summed E-state index contributed by atoms with van der Waals surface area (Å²) in [6.45, 7) is 14.2. The largest absolute Gasteiger partial charge is 0.481 e. The Bertz CT molecular complexity index is 1290. The van der Waals surface area contributed by atoms with E-state index < -0.39 is 48.5 Å². The van der Waals surface area contributed by atoms with Crippen molar-refractivity contribution in [2.24, 2.45) is 17.6 Å². The second-order valence-electron chi connectivity index (χ2n) is 12.1. The molecule has 0 heterocycles. The lowest BCUT2D eigenvalue weighted by atomic mass is 9.83. The summed E-state index contributed by atoms with van der Waals surface area (Å²) >= 11 is 0. The van der Waals surface area contributed by atoms with E-state index in [1.165, 1.54) is 0 Å². The maximum absolute atomic E-state index is 13.1. The smallest absolute Gasteiger partial charge is 0.305 e. The number of hydrogen-bond acceptors (Lipinski definition) is 9. The molecule has 3 amide bonds. The van der Waals surface area contributed by atoms with Gasteiger partial charge in [-0.2, -0.15) is 0 Å². The van der Waals surface area contributed by atoms with Gasteiger partial charge in [-0.25, -0.2) is 4.39 Å². The second-order valence-corrected chi connectivity index (χ2v) is 12.1. The van der Waals surface area contributed by atoms with Gasteiger partial charge in [-0.15, -0.1) is 0 Å². The molecule has 4 unspecified atom stereocenters. The van der Waals surface area contributed by atoms with Crippen LogP contribution < -0.4 is 37.6 Å². The third-order valence-electron chi connectivity index (χ3n) is 7.93. The van der Waals surface area contributed by atoms with Crippen molar-refractivity contribution in [2.75, 3.05) is 19.6 Å². The van der Waals surface area contributed by atoms with Gasteiger partial charge in [0.15, 0.2) is 0 Å². The molecule has 2 rings (SSSR count). The van der Waals surface area contributed by atoms with Gasteiger partial charge >= 0.3 is 5.97 Å². The van der Waals surface area contributed by atoms with Crippen molar-refractivity contribution in [1.29, 1.82) is 0 Å². The number of nitrogens with two attached hydrogens (primary N) is 1. The monoisotopic (exact) mass is 687 g/mol. The zero-order valence-electron chi connectivity index (χ0n) is 27.6. The summed E-state index contributed by atoms with van der Waals surface area (Å²) in [6.07, 6.45) is 1.29. The minimum Gasteiger partial charge on any atom is -0.481 e. The highest BCUT2D eigenvalue weighted by Gasteiger charge is 2.34.